The summed E-state index contributed by atoms with van der Waals surface area (Å²) in [4.78, 5) is 0. The first kappa shape index (κ1) is 16.3. The lowest BCUT2D eigenvalue weighted by atomic mass is 9.93. The zero-order valence-electron chi connectivity index (χ0n) is 11.9. The van der Waals surface area contributed by atoms with Crippen LogP contribution in [0.2, 0.25) is 0 Å². The molecular weight excluding hydrogens is 386 g/mol. The summed E-state index contributed by atoms with van der Waals surface area (Å²) in [6.45, 7) is 4.93. The van der Waals surface area contributed by atoms with Gasteiger partial charge < -0.3 is 14.8 Å². The summed E-state index contributed by atoms with van der Waals surface area (Å²) in [5.74, 6) is 1.56. The van der Waals surface area contributed by atoms with E-state index >= 15 is 0 Å². The molecule has 1 heterocycles. The van der Waals surface area contributed by atoms with Crippen LogP contribution < -0.4 is 10.1 Å². The van der Waals surface area contributed by atoms with Gasteiger partial charge in [0.05, 0.1) is 16.1 Å². The summed E-state index contributed by atoms with van der Waals surface area (Å²) < 4.78 is 12.7. The van der Waals surface area contributed by atoms with Gasteiger partial charge in [0.1, 0.15) is 5.75 Å². The molecule has 1 N–H and O–H groups in total. The molecule has 1 aliphatic heterocycles. The van der Waals surface area contributed by atoms with Crippen LogP contribution in [0, 0.1) is 5.92 Å². The van der Waals surface area contributed by atoms with Gasteiger partial charge in [0, 0.05) is 25.8 Å². The number of benzene rings is 1. The molecule has 0 amide bonds. The Morgan fingerprint density at radius 3 is 2.45 bits per heavy atom. The molecule has 3 nitrogen and oxygen atoms in total. The molecule has 1 aliphatic rings. The van der Waals surface area contributed by atoms with Crippen LogP contribution in [-0.4, -0.2) is 26.4 Å². The number of nitrogens with one attached hydrogen (secondary N) is 1. The van der Waals surface area contributed by atoms with Gasteiger partial charge in [-0.15, -0.1) is 0 Å². The Labute approximate surface area is 137 Å². The van der Waals surface area contributed by atoms with Gasteiger partial charge in [0.15, 0.2) is 0 Å². The van der Waals surface area contributed by atoms with E-state index in [1.165, 1.54) is 5.56 Å². The fourth-order valence-electron chi connectivity index (χ4n) is 2.57. The molecule has 2 rings (SSSR count). The summed E-state index contributed by atoms with van der Waals surface area (Å²) in [6.07, 6.45) is 2.31. The second kappa shape index (κ2) is 7.78. The molecule has 0 aromatic heterocycles. The topological polar surface area (TPSA) is 30.5 Å². The molecule has 0 bridgehead atoms. The minimum absolute atomic E-state index is 0.513. The normalized spacial score (nSPS) is 18.0. The number of hydrogen-bond donors (Lipinski definition) is 1. The van der Waals surface area contributed by atoms with Gasteiger partial charge in [-0.1, -0.05) is 0 Å². The Kier molecular flexibility index (Phi) is 6.33. The second-order valence-electron chi connectivity index (χ2n) is 5.21. The zero-order valence-corrected chi connectivity index (χ0v) is 15.1. The standard InChI is InChI=1S/C15H21Br2NO2/c1-10(12-3-5-20-6-4-12)18-9-11-7-13(16)15(19-2)14(17)8-11/h7-8,10,12,18H,3-6,9H2,1-2H3. The molecule has 0 saturated carbocycles. The first-order chi connectivity index (χ1) is 9.61. The van der Waals surface area contributed by atoms with Crippen molar-refractivity contribution in [3.05, 3.63) is 26.6 Å². The predicted octanol–water partition coefficient (Wildman–Crippen LogP) is 4.12. The van der Waals surface area contributed by atoms with Crippen molar-refractivity contribution in [2.24, 2.45) is 5.92 Å². The SMILES string of the molecule is COc1c(Br)cc(CNC(C)C2CCOCC2)cc1Br. The molecule has 0 aliphatic carbocycles. The first-order valence-electron chi connectivity index (χ1n) is 6.95. The summed E-state index contributed by atoms with van der Waals surface area (Å²) in [7, 11) is 1.68. The largest absolute Gasteiger partial charge is 0.494 e. The molecule has 1 atom stereocenters. The number of ether oxygens (including phenoxy) is 2. The van der Waals surface area contributed by atoms with Crippen LogP contribution in [0.3, 0.4) is 0 Å². The third-order valence-corrected chi connectivity index (χ3v) is 5.04. The van der Waals surface area contributed by atoms with E-state index in [-0.39, 0.29) is 0 Å². The van der Waals surface area contributed by atoms with Crippen molar-refractivity contribution in [1.29, 1.82) is 0 Å². The molecule has 1 aromatic rings. The van der Waals surface area contributed by atoms with Crippen LogP contribution in [-0.2, 0) is 11.3 Å². The highest BCUT2D eigenvalue weighted by molar-refractivity contribution is 9.11. The van der Waals surface area contributed by atoms with E-state index in [1.807, 2.05) is 0 Å². The van der Waals surface area contributed by atoms with Gasteiger partial charge in [-0.2, -0.15) is 0 Å². The molecule has 1 fully saturated rings. The van der Waals surface area contributed by atoms with Gasteiger partial charge in [0.25, 0.3) is 0 Å². The molecule has 0 radical (unpaired) electrons. The smallest absolute Gasteiger partial charge is 0.147 e. The average molecular weight is 407 g/mol. The molecule has 112 valence electrons. The average Bonchev–Trinajstić information content (AvgIpc) is 2.45. The molecular formula is C15H21Br2NO2. The molecule has 20 heavy (non-hydrogen) atoms. The lowest BCUT2D eigenvalue weighted by molar-refractivity contribution is 0.0558. The Morgan fingerprint density at radius 2 is 1.90 bits per heavy atom. The van der Waals surface area contributed by atoms with Crippen LogP contribution in [0.1, 0.15) is 25.3 Å². The van der Waals surface area contributed by atoms with E-state index in [0.29, 0.717) is 12.0 Å². The summed E-state index contributed by atoms with van der Waals surface area (Å²) >= 11 is 7.08. The predicted molar refractivity (Wildman–Crippen MR) is 88.2 cm³/mol. The number of methoxy groups -OCH3 is 1. The number of hydrogen-bond acceptors (Lipinski definition) is 3. The van der Waals surface area contributed by atoms with Crippen LogP contribution in [0.25, 0.3) is 0 Å². The monoisotopic (exact) mass is 405 g/mol. The van der Waals surface area contributed by atoms with Gasteiger partial charge in [0.2, 0.25) is 0 Å². The van der Waals surface area contributed by atoms with Crippen molar-refractivity contribution in [2.75, 3.05) is 20.3 Å². The van der Waals surface area contributed by atoms with Gasteiger partial charge in [-0.25, -0.2) is 0 Å². The highest BCUT2D eigenvalue weighted by atomic mass is 79.9. The summed E-state index contributed by atoms with van der Waals surface area (Å²) in [5, 5.41) is 3.62. The molecule has 1 saturated heterocycles. The van der Waals surface area contributed by atoms with Crippen LogP contribution in [0.15, 0.2) is 21.1 Å². The second-order valence-corrected chi connectivity index (χ2v) is 6.92. The van der Waals surface area contributed by atoms with Gasteiger partial charge in [-0.3, -0.25) is 0 Å². The lowest BCUT2D eigenvalue weighted by Gasteiger charge is -2.28. The fraction of sp³-hybridized carbons (Fsp3) is 0.600. The zero-order chi connectivity index (χ0) is 14.5. The van der Waals surface area contributed by atoms with E-state index in [9.17, 15) is 0 Å². The number of halogens is 2. The maximum Gasteiger partial charge on any atom is 0.147 e. The summed E-state index contributed by atoms with van der Waals surface area (Å²) in [6, 6.07) is 4.72. The van der Waals surface area contributed by atoms with Crippen molar-refractivity contribution in [2.45, 2.75) is 32.4 Å². The van der Waals surface area contributed by atoms with Crippen LogP contribution in [0.5, 0.6) is 5.75 Å². The Hall–Kier alpha value is -0.100. The molecule has 0 spiro atoms. The van der Waals surface area contributed by atoms with E-state index in [1.54, 1.807) is 7.11 Å². The first-order valence-corrected chi connectivity index (χ1v) is 8.53. The lowest BCUT2D eigenvalue weighted by Crippen LogP contribution is -2.36. The van der Waals surface area contributed by atoms with Crippen LogP contribution >= 0.6 is 31.9 Å². The van der Waals surface area contributed by atoms with E-state index in [0.717, 1.165) is 47.3 Å². The van der Waals surface area contributed by atoms with Crippen molar-refractivity contribution in [3.63, 3.8) is 0 Å². The maximum absolute atomic E-state index is 5.42. The van der Waals surface area contributed by atoms with Crippen molar-refractivity contribution in [1.82, 2.24) is 5.32 Å². The van der Waals surface area contributed by atoms with Crippen LogP contribution in [0.4, 0.5) is 0 Å². The van der Waals surface area contributed by atoms with Crippen molar-refractivity contribution < 1.29 is 9.47 Å². The maximum atomic E-state index is 5.42. The highest BCUT2D eigenvalue weighted by Crippen LogP contribution is 2.34. The Balaban J connectivity index is 1.93. The third kappa shape index (κ3) is 4.20. The molecule has 1 unspecified atom stereocenters. The third-order valence-electron chi connectivity index (χ3n) is 3.86. The fourth-order valence-corrected chi connectivity index (χ4v) is 4.18. The number of rotatable bonds is 5. The minimum atomic E-state index is 0.513. The van der Waals surface area contributed by atoms with E-state index in [4.69, 9.17) is 9.47 Å². The van der Waals surface area contributed by atoms with Crippen molar-refractivity contribution >= 4 is 31.9 Å². The van der Waals surface area contributed by atoms with E-state index in [2.05, 4.69) is 56.2 Å². The minimum Gasteiger partial charge on any atom is -0.494 e. The Morgan fingerprint density at radius 1 is 1.30 bits per heavy atom. The molecule has 5 heteroatoms. The van der Waals surface area contributed by atoms with Crippen molar-refractivity contribution in [3.8, 4) is 5.75 Å². The molecule has 1 aromatic carbocycles. The highest BCUT2D eigenvalue weighted by Gasteiger charge is 2.20. The quantitative estimate of drug-likeness (QED) is 0.797. The Bertz CT molecular complexity index is 424. The van der Waals surface area contributed by atoms with Gasteiger partial charge in [-0.05, 0) is 75.2 Å². The van der Waals surface area contributed by atoms with E-state index < -0.39 is 0 Å². The summed E-state index contributed by atoms with van der Waals surface area (Å²) in [5.41, 5.74) is 1.24. The van der Waals surface area contributed by atoms with Gasteiger partial charge >= 0.3 is 0 Å².